The van der Waals surface area contributed by atoms with Crippen molar-refractivity contribution in [3.8, 4) is 22.6 Å². The second kappa shape index (κ2) is 17.6. The van der Waals surface area contributed by atoms with Crippen molar-refractivity contribution in [2.75, 3.05) is 5.73 Å². The number of nitrogen functional groups attached to an aromatic ring is 1. The van der Waals surface area contributed by atoms with Crippen molar-refractivity contribution in [2.45, 2.75) is 23.6 Å². The maximum Gasteiger partial charge on any atom is 1.00 e. The average Bonchev–Trinajstić information content (AvgIpc) is 3.10. The van der Waals surface area contributed by atoms with Gasteiger partial charge in [-0.25, -0.2) is 16.8 Å². The van der Waals surface area contributed by atoms with Crippen molar-refractivity contribution in [3.63, 3.8) is 0 Å². The Kier molecular flexibility index (Phi) is 13.9. The fraction of sp³-hybridized carbons (Fsp3) is 0.0556. The summed E-state index contributed by atoms with van der Waals surface area (Å²) in [5.41, 5.74) is 9.27. The first kappa shape index (κ1) is 43.3. The van der Waals surface area contributed by atoms with Gasteiger partial charge in [-0.2, -0.15) is 20.5 Å². The number of phenols is 2. The molecule has 15 nitrogen and oxygen atoms in total. The van der Waals surface area contributed by atoms with E-state index >= 15 is 0 Å². The minimum Gasteiger partial charge on any atom is -0.744 e. The van der Waals surface area contributed by atoms with Gasteiger partial charge in [-0.15, -0.1) is 10.2 Å². The molecule has 0 saturated carbocycles. The second-order valence-electron chi connectivity index (χ2n) is 11.7. The predicted octanol–water partition coefficient (Wildman–Crippen LogP) is 3.18. The van der Waals surface area contributed by atoms with Gasteiger partial charge in [0.05, 0.1) is 43.6 Å². The summed E-state index contributed by atoms with van der Waals surface area (Å²) < 4.78 is 73.7. The van der Waals surface area contributed by atoms with E-state index < -0.39 is 52.8 Å². The maximum atomic E-state index is 12.4. The van der Waals surface area contributed by atoms with E-state index in [-0.39, 0.29) is 87.0 Å². The largest absolute Gasteiger partial charge is 1.00 e. The molecule has 0 spiro atoms. The Morgan fingerprint density at radius 2 is 1.02 bits per heavy atom. The molecule has 6 aromatic rings. The third kappa shape index (κ3) is 9.89. The van der Waals surface area contributed by atoms with Crippen LogP contribution in [-0.2, 0) is 20.2 Å². The van der Waals surface area contributed by atoms with E-state index in [0.717, 1.165) is 28.8 Å². The number of benzene rings is 6. The molecular weight excluding hydrogens is 769 g/mol. The second-order valence-corrected chi connectivity index (χ2v) is 14.4. The topological polar surface area (TPSA) is 255 Å². The van der Waals surface area contributed by atoms with Gasteiger partial charge >= 0.3 is 59.1 Å². The maximum absolute atomic E-state index is 12.4. The number of rotatable bonds is 9. The molecule has 0 amide bonds. The normalized spacial score (nSPS) is 12.0. The van der Waals surface area contributed by atoms with Crippen LogP contribution in [0.2, 0.25) is 0 Å². The van der Waals surface area contributed by atoms with Crippen LogP contribution in [-0.4, -0.2) is 36.2 Å². The molecule has 0 radical (unpaired) electrons. The van der Waals surface area contributed by atoms with Crippen LogP contribution in [0.3, 0.4) is 0 Å². The third-order valence-electron chi connectivity index (χ3n) is 7.98. The van der Waals surface area contributed by atoms with Crippen molar-refractivity contribution in [3.05, 3.63) is 114 Å². The van der Waals surface area contributed by atoms with Gasteiger partial charge < -0.3 is 25.1 Å². The predicted molar refractivity (Wildman–Crippen MR) is 194 cm³/mol. The molecule has 0 aliphatic heterocycles. The number of azo groups is 3. The molecule has 268 valence electrons. The average molecular weight is 796 g/mol. The molecule has 55 heavy (non-hydrogen) atoms. The van der Waals surface area contributed by atoms with Crippen LogP contribution in [0.5, 0.6) is 11.5 Å². The number of nitrogens with two attached hydrogens (primary N) is 1. The Morgan fingerprint density at radius 1 is 0.564 bits per heavy atom. The van der Waals surface area contributed by atoms with Crippen LogP contribution in [0.4, 0.5) is 39.8 Å². The number of hydrogen-bond donors (Lipinski definition) is 3. The Hall–Kier alpha value is -4.40. The number of hydrogen-bond acceptors (Lipinski definition) is 15. The molecule has 0 aliphatic carbocycles. The van der Waals surface area contributed by atoms with Crippen LogP contribution in [0, 0.1) is 13.8 Å². The third-order valence-corrected chi connectivity index (χ3v) is 9.68. The summed E-state index contributed by atoms with van der Waals surface area (Å²) in [5.74, 6) is -0.788. The molecule has 0 fully saturated rings. The van der Waals surface area contributed by atoms with Gasteiger partial charge in [-0.3, -0.25) is 0 Å². The summed E-state index contributed by atoms with van der Waals surface area (Å²) >= 11 is 0. The van der Waals surface area contributed by atoms with Crippen molar-refractivity contribution in [2.24, 2.45) is 30.7 Å². The van der Waals surface area contributed by atoms with E-state index in [4.69, 9.17) is 5.73 Å². The molecule has 4 N–H and O–H groups in total. The van der Waals surface area contributed by atoms with E-state index in [9.17, 15) is 36.2 Å². The van der Waals surface area contributed by atoms with Crippen molar-refractivity contribution >= 4 is 70.8 Å². The van der Waals surface area contributed by atoms with Crippen LogP contribution < -0.4 is 64.8 Å². The Bertz CT molecular complexity index is 2730. The SMILES string of the molecule is Cc1cc(-c2ccc(N=Nc3c(S(=O)(=O)[O-])cc4cc(S(=O)(=O)[O-])c(N=Nc5ccccc5)c(O)c4c3N)c(C)c2)ccc1N=Nc1ccc(O)cc1.[Na+].[Na+]. The van der Waals surface area contributed by atoms with Gasteiger partial charge in [-0.05, 0) is 114 Å². The Morgan fingerprint density at radius 3 is 1.53 bits per heavy atom. The zero-order valence-electron chi connectivity index (χ0n) is 29.7. The fourth-order valence-electron chi connectivity index (χ4n) is 5.32. The molecule has 0 atom stereocenters. The van der Waals surface area contributed by atoms with Gasteiger partial charge in [0.1, 0.15) is 37.4 Å². The zero-order chi connectivity index (χ0) is 38.1. The number of aromatic hydroxyl groups is 2. The summed E-state index contributed by atoms with van der Waals surface area (Å²) in [6.07, 6.45) is 0. The van der Waals surface area contributed by atoms with Crippen LogP contribution in [0.1, 0.15) is 11.1 Å². The first-order valence-corrected chi connectivity index (χ1v) is 18.3. The van der Waals surface area contributed by atoms with Gasteiger partial charge in [0, 0.05) is 0 Å². The minimum absolute atomic E-state index is 0. The number of anilines is 1. The molecule has 0 bridgehead atoms. The molecule has 0 aliphatic rings. The zero-order valence-corrected chi connectivity index (χ0v) is 35.4. The number of nitrogens with zero attached hydrogens (tertiary/aromatic N) is 6. The molecule has 0 unspecified atom stereocenters. The first-order valence-electron chi connectivity index (χ1n) is 15.4. The van der Waals surface area contributed by atoms with E-state index in [1.165, 1.54) is 24.3 Å². The molecule has 6 aromatic carbocycles. The summed E-state index contributed by atoms with van der Waals surface area (Å²) in [7, 11) is -10.6. The number of fused-ring (bicyclic) bond motifs is 1. The van der Waals surface area contributed by atoms with E-state index in [1.54, 1.807) is 49.4 Å². The van der Waals surface area contributed by atoms with E-state index in [2.05, 4.69) is 30.7 Å². The monoisotopic (exact) mass is 795 g/mol. The molecular formula is C36H27N7Na2O8S2. The van der Waals surface area contributed by atoms with Crippen molar-refractivity contribution < 1.29 is 95.3 Å². The van der Waals surface area contributed by atoms with Gasteiger partial charge in [0.2, 0.25) is 0 Å². The Labute approximate surface area is 359 Å². The first-order chi connectivity index (χ1) is 25.1. The molecule has 0 saturated heterocycles. The van der Waals surface area contributed by atoms with Crippen LogP contribution in [0.25, 0.3) is 21.9 Å². The fourth-order valence-corrected chi connectivity index (χ4v) is 6.63. The van der Waals surface area contributed by atoms with Crippen molar-refractivity contribution in [1.29, 1.82) is 0 Å². The molecule has 0 heterocycles. The summed E-state index contributed by atoms with van der Waals surface area (Å²) in [5, 5.41) is 44.3. The van der Waals surface area contributed by atoms with Crippen LogP contribution in [0.15, 0.2) is 144 Å². The van der Waals surface area contributed by atoms with Crippen LogP contribution >= 0.6 is 0 Å². The standard InChI is InChI=1S/C36H29N7O8S2.2Na/c1-20-16-22(8-14-28(20)40-38-26-10-12-27(44)13-11-26)23-9-15-29(21(2)17-23)41-42-34-30(52(46,47)48)18-24-19-31(53(49,50)51)35(36(45)32(24)33(34)37)43-39-25-6-4-3-5-7-25;;/h3-19,44-45H,37H2,1-2H3,(H,46,47,48)(H,49,50,51);;/q;2*+1/p-2. The molecule has 6 rings (SSSR count). The van der Waals surface area contributed by atoms with E-state index in [0.29, 0.717) is 16.9 Å². The minimum atomic E-state index is -5.31. The van der Waals surface area contributed by atoms with Gasteiger partial charge in [0.15, 0.2) is 5.75 Å². The molecule has 0 aromatic heterocycles. The number of aryl methyl sites for hydroxylation is 2. The quantitative estimate of drug-likeness (QED) is 0.0839. The summed E-state index contributed by atoms with van der Waals surface area (Å²) in [6.45, 7) is 3.62. The van der Waals surface area contributed by atoms with Gasteiger partial charge in [0.25, 0.3) is 0 Å². The van der Waals surface area contributed by atoms with E-state index in [1.807, 2.05) is 31.2 Å². The summed E-state index contributed by atoms with van der Waals surface area (Å²) in [6, 6.07) is 26.6. The summed E-state index contributed by atoms with van der Waals surface area (Å²) in [4.78, 5) is -1.99. The smallest absolute Gasteiger partial charge is 0.744 e. The van der Waals surface area contributed by atoms with Crippen molar-refractivity contribution in [1.82, 2.24) is 0 Å². The Balaban J connectivity index is 0.00000336. The van der Waals surface area contributed by atoms with Gasteiger partial charge in [-0.1, -0.05) is 30.3 Å². The molecule has 19 heteroatoms. The number of phenolic OH excluding ortho intramolecular Hbond substituents is 2.